The summed E-state index contributed by atoms with van der Waals surface area (Å²) < 4.78 is 24.2. The smallest absolute Gasteiger partial charge is 0.181 e. The lowest BCUT2D eigenvalue weighted by Gasteiger charge is -2.09. The summed E-state index contributed by atoms with van der Waals surface area (Å²) in [5, 5.41) is 0.275. The molecule has 0 radical (unpaired) electrons. The van der Waals surface area contributed by atoms with Gasteiger partial charge in [-0.1, -0.05) is 18.2 Å². The first-order valence-corrected chi connectivity index (χ1v) is 6.66. The van der Waals surface area contributed by atoms with Crippen molar-refractivity contribution in [3.05, 3.63) is 36.5 Å². The van der Waals surface area contributed by atoms with E-state index in [1.165, 1.54) is 6.20 Å². The molecule has 0 saturated heterocycles. The summed E-state index contributed by atoms with van der Waals surface area (Å²) >= 11 is 0. The molecule has 16 heavy (non-hydrogen) atoms. The van der Waals surface area contributed by atoms with Crippen LogP contribution in [0, 0.1) is 0 Å². The number of nitrogens with zero attached hydrogens (tertiary/aromatic N) is 1. The average molecular weight is 235 g/mol. The number of sulfone groups is 1. The highest BCUT2D eigenvalue weighted by molar-refractivity contribution is 7.92. The number of aromatic nitrogens is 1. The third-order valence-electron chi connectivity index (χ3n) is 2.54. The van der Waals surface area contributed by atoms with Gasteiger partial charge < -0.3 is 0 Å². The van der Waals surface area contributed by atoms with Crippen LogP contribution < -0.4 is 0 Å². The average Bonchev–Trinajstić information content (AvgIpc) is 2.28. The molecule has 0 N–H and O–H groups in total. The largest absolute Gasteiger partial charge is 0.256 e. The molecule has 84 valence electrons. The quantitative estimate of drug-likeness (QED) is 0.803. The molecule has 0 aliphatic rings. The van der Waals surface area contributed by atoms with Crippen molar-refractivity contribution in [2.24, 2.45) is 0 Å². The van der Waals surface area contributed by atoms with Gasteiger partial charge in [-0.25, -0.2) is 8.42 Å². The van der Waals surface area contributed by atoms with Gasteiger partial charge in [-0.3, -0.25) is 4.98 Å². The van der Waals surface area contributed by atoms with E-state index in [2.05, 4.69) is 4.98 Å². The van der Waals surface area contributed by atoms with Crippen LogP contribution in [0.25, 0.3) is 10.9 Å². The Hall–Kier alpha value is -1.42. The van der Waals surface area contributed by atoms with Crippen molar-refractivity contribution in [1.82, 2.24) is 4.98 Å². The Kier molecular flexibility index (Phi) is 2.68. The molecule has 0 fully saturated rings. The van der Waals surface area contributed by atoms with Gasteiger partial charge in [0.1, 0.15) is 0 Å². The minimum atomic E-state index is -3.24. The van der Waals surface area contributed by atoms with E-state index in [4.69, 9.17) is 0 Å². The molecule has 0 aliphatic heterocycles. The molecule has 0 unspecified atom stereocenters. The van der Waals surface area contributed by atoms with Crippen LogP contribution in [0.5, 0.6) is 0 Å². The summed E-state index contributed by atoms with van der Waals surface area (Å²) in [6.45, 7) is 3.37. The Balaban J connectivity index is 2.80. The topological polar surface area (TPSA) is 47.0 Å². The summed E-state index contributed by atoms with van der Waals surface area (Å²) in [6.07, 6.45) is 1.54. The fourth-order valence-electron chi connectivity index (χ4n) is 1.57. The van der Waals surface area contributed by atoms with Gasteiger partial charge in [0.05, 0.1) is 15.7 Å². The maximum atomic E-state index is 12.1. The summed E-state index contributed by atoms with van der Waals surface area (Å²) in [4.78, 5) is 4.52. The van der Waals surface area contributed by atoms with E-state index in [-0.39, 0.29) is 0 Å². The first-order chi connectivity index (χ1) is 7.53. The highest BCUT2D eigenvalue weighted by Gasteiger charge is 2.21. The van der Waals surface area contributed by atoms with E-state index >= 15 is 0 Å². The van der Waals surface area contributed by atoms with Gasteiger partial charge in [0.2, 0.25) is 0 Å². The van der Waals surface area contributed by atoms with Crippen molar-refractivity contribution >= 4 is 20.7 Å². The second-order valence-corrected chi connectivity index (χ2v) is 6.39. The number of pyridine rings is 1. The fraction of sp³-hybridized carbons (Fsp3) is 0.250. The van der Waals surface area contributed by atoms with Crippen molar-refractivity contribution in [3.63, 3.8) is 0 Å². The Morgan fingerprint density at radius 2 is 1.81 bits per heavy atom. The molecular formula is C12H13NO2S. The van der Waals surface area contributed by atoms with Crippen molar-refractivity contribution < 1.29 is 8.42 Å². The SMILES string of the molecule is CC(C)S(=O)(=O)c1ccnc2ccccc12. The normalized spacial score (nSPS) is 12.2. The number of fused-ring (bicyclic) bond motifs is 1. The van der Waals surface area contributed by atoms with Gasteiger partial charge in [0.25, 0.3) is 0 Å². The maximum Gasteiger partial charge on any atom is 0.181 e. The van der Waals surface area contributed by atoms with Crippen molar-refractivity contribution in [2.45, 2.75) is 24.0 Å². The van der Waals surface area contributed by atoms with Crippen LogP contribution in [-0.4, -0.2) is 18.7 Å². The molecule has 4 heteroatoms. The van der Waals surface area contributed by atoms with Crippen LogP contribution in [-0.2, 0) is 9.84 Å². The maximum absolute atomic E-state index is 12.1. The highest BCUT2D eigenvalue weighted by Crippen LogP contribution is 2.24. The van der Waals surface area contributed by atoms with Crippen molar-refractivity contribution in [1.29, 1.82) is 0 Å². The van der Waals surface area contributed by atoms with E-state index in [1.807, 2.05) is 18.2 Å². The Bertz CT molecular complexity index is 612. The molecule has 2 rings (SSSR count). The summed E-state index contributed by atoms with van der Waals surface area (Å²) in [6, 6.07) is 8.84. The predicted octanol–water partition coefficient (Wildman–Crippen LogP) is 2.42. The van der Waals surface area contributed by atoms with Crippen LogP contribution in [0.15, 0.2) is 41.4 Å². The molecule has 0 bridgehead atoms. The summed E-state index contributed by atoms with van der Waals surface area (Å²) in [5.74, 6) is 0. The van der Waals surface area contributed by atoms with E-state index in [0.29, 0.717) is 15.8 Å². The van der Waals surface area contributed by atoms with Crippen LogP contribution in [0.4, 0.5) is 0 Å². The van der Waals surface area contributed by atoms with Gasteiger partial charge in [-0.05, 0) is 26.0 Å². The molecular weight excluding hydrogens is 222 g/mol. The molecule has 0 atom stereocenters. The van der Waals surface area contributed by atoms with Gasteiger partial charge >= 0.3 is 0 Å². The third-order valence-corrected chi connectivity index (χ3v) is 4.75. The van der Waals surface area contributed by atoms with E-state index in [0.717, 1.165) is 0 Å². The van der Waals surface area contributed by atoms with Crippen molar-refractivity contribution in [2.75, 3.05) is 0 Å². The number of para-hydroxylation sites is 1. The van der Waals surface area contributed by atoms with E-state index in [9.17, 15) is 8.42 Å². The lowest BCUT2D eigenvalue weighted by molar-refractivity contribution is 0.588. The molecule has 0 amide bonds. The Morgan fingerprint density at radius 3 is 2.50 bits per heavy atom. The molecule has 2 aromatic rings. The fourth-order valence-corrected chi connectivity index (χ4v) is 2.81. The summed E-state index contributed by atoms with van der Waals surface area (Å²) in [7, 11) is -3.24. The zero-order valence-corrected chi connectivity index (χ0v) is 10.0. The lowest BCUT2D eigenvalue weighted by Crippen LogP contribution is -2.14. The lowest BCUT2D eigenvalue weighted by atomic mass is 10.2. The van der Waals surface area contributed by atoms with Crippen LogP contribution in [0.2, 0.25) is 0 Å². The zero-order chi connectivity index (χ0) is 11.8. The molecule has 1 aromatic carbocycles. The predicted molar refractivity (Wildman–Crippen MR) is 64.1 cm³/mol. The summed E-state index contributed by atoms with van der Waals surface area (Å²) in [5.41, 5.74) is 0.712. The zero-order valence-electron chi connectivity index (χ0n) is 9.21. The minimum absolute atomic E-state index is 0.369. The van der Waals surface area contributed by atoms with Crippen LogP contribution in [0.1, 0.15) is 13.8 Å². The molecule has 1 heterocycles. The number of benzene rings is 1. The van der Waals surface area contributed by atoms with Crippen LogP contribution in [0.3, 0.4) is 0 Å². The van der Waals surface area contributed by atoms with Crippen molar-refractivity contribution in [3.8, 4) is 0 Å². The standard InChI is InChI=1S/C12H13NO2S/c1-9(2)16(14,15)12-7-8-13-11-6-4-3-5-10(11)12/h3-9H,1-2H3. The number of hydrogen-bond donors (Lipinski definition) is 0. The third kappa shape index (κ3) is 1.69. The number of hydrogen-bond acceptors (Lipinski definition) is 3. The van der Waals surface area contributed by atoms with Gasteiger partial charge in [-0.15, -0.1) is 0 Å². The van der Waals surface area contributed by atoms with E-state index in [1.54, 1.807) is 26.0 Å². The minimum Gasteiger partial charge on any atom is -0.256 e. The highest BCUT2D eigenvalue weighted by atomic mass is 32.2. The second-order valence-electron chi connectivity index (χ2n) is 3.92. The first-order valence-electron chi connectivity index (χ1n) is 5.11. The Morgan fingerprint density at radius 1 is 1.12 bits per heavy atom. The van der Waals surface area contributed by atoms with Crippen LogP contribution >= 0.6 is 0 Å². The molecule has 0 spiro atoms. The second kappa shape index (κ2) is 3.87. The van der Waals surface area contributed by atoms with E-state index < -0.39 is 15.1 Å². The van der Waals surface area contributed by atoms with Gasteiger partial charge in [-0.2, -0.15) is 0 Å². The molecule has 0 saturated carbocycles. The Labute approximate surface area is 95.1 Å². The molecule has 3 nitrogen and oxygen atoms in total. The first kappa shape index (κ1) is 11.1. The monoisotopic (exact) mass is 235 g/mol. The number of rotatable bonds is 2. The molecule has 1 aromatic heterocycles. The molecule has 0 aliphatic carbocycles. The van der Waals surface area contributed by atoms with Gasteiger partial charge in [0, 0.05) is 11.6 Å². The van der Waals surface area contributed by atoms with Gasteiger partial charge in [0.15, 0.2) is 9.84 Å².